The molecule has 1 aromatic heterocycles. The van der Waals surface area contributed by atoms with E-state index in [0.717, 1.165) is 11.3 Å². The fraction of sp³-hybridized carbons (Fsp3) is 0.227. The van der Waals surface area contributed by atoms with Gasteiger partial charge < -0.3 is 5.32 Å². The molecule has 0 saturated heterocycles. The first-order chi connectivity index (χ1) is 13.9. The predicted molar refractivity (Wildman–Crippen MR) is 118 cm³/mol. The minimum atomic E-state index is -0.567. The Morgan fingerprint density at radius 3 is 2.59 bits per heavy atom. The molecule has 0 fully saturated rings. The SMILES string of the molecule is Cc1cc(=O)n2c(n1)NC(Nc1ccc(C(C)C)cc1)=NC2c1cccc(Cl)c1. The van der Waals surface area contributed by atoms with Gasteiger partial charge in [-0.25, -0.2) is 9.98 Å². The zero-order valence-electron chi connectivity index (χ0n) is 16.5. The Hall–Kier alpha value is -3.12. The molecule has 1 unspecified atom stereocenters. The minimum Gasteiger partial charge on any atom is -0.326 e. The van der Waals surface area contributed by atoms with Crippen LogP contribution in [0.25, 0.3) is 0 Å². The molecule has 6 nitrogen and oxygen atoms in total. The smallest absolute Gasteiger partial charge is 0.257 e. The van der Waals surface area contributed by atoms with Crippen molar-refractivity contribution in [2.24, 2.45) is 4.99 Å². The van der Waals surface area contributed by atoms with Crippen molar-refractivity contribution in [3.63, 3.8) is 0 Å². The summed E-state index contributed by atoms with van der Waals surface area (Å²) in [6, 6.07) is 17.1. The van der Waals surface area contributed by atoms with Gasteiger partial charge in [-0.3, -0.25) is 14.7 Å². The van der Waals surface area contributed by atoms with E-state index in [0.29, 0.717) is 28.5 Å². The van der Waals surface area contributed by atoms with E-state index in [9.17, 15) is 4.79 Å². The highest BCUT2D eigenvalue weighted by atomic mass is 35.5. The molecular weight excluding hydrogens is 386 g/mol. The summed E-state index contributed by atoms with van der Waals surface area (Å²) in [5, 5.41) is 7.02. The third-order valence-corrected chi connectivity index (χ3v) is 5.03. The summed E-state index contributed by atoms with van der Waals surface area (Å²) in [4.78, 5) is 21.9. The van der Waals surface area contributed by atoms with Gasteiger partial charge in [0.15, 0.2) is 6.17 Å². The van der Waals surface area contributed by atoms with Crippen molar-refractivity contribution in [2.45, 2.75) is 32.9 Å². The van der Waals surface area contributed by atoms with Gasteiger partial charge in [-0.1, -0.05) is 49.7 Å². The number of halogens is 1. The highest BCUT2D eigenvalue weighted by Gasteiger charge is 2.25. The molecule has 148 valence electrons. The molecule has 0 amide bonds. The number of anilines is 2. The Morgan fingerprint density at radius 2 is 1.90 bits per heavy atom. The summed E-state index contributed by atoms with van der Waals surface area (Å²) in [6.07, 6.45) is -0.567. The Bertz CT molecular complexity index is 1130. The van der Waals surface area contributed by atoms with Crippen LogP contribution in [0.5, 0.6) is 0 Å². The first-order valence-electron chi connectivity index (χ1n) is 9.48. The zero-order chi connectivity index (χ0) is 20.5. The number of aryl methyl sites for hydroxylation is 1. The number of nitrogens with zero attached hydrogens (tertiary/aromatic N) is 3. The molecule has 7 heteroatoms. The van der Waals surface area contributed by atoms with E-state index in [1.807, 2.05) is 30.3 Å². The number of aromatic nitrogens is 2. The van der Waals surface area contributed by atoms with E-state index in [-0.39, 0.29) is 5.56 Å². The highest BCUT2D eigenvalue weighted by molar-refractivity contribution is 6.30. The number of aliphatic imine (C=N–C) groups is 1. The fourth-order valence-electron chi connectivity index (χ4n) is 3.29. The van der Waals surface area contributed by atoms with Crippen LogP contribution >= 0.6 is 11.6 Å². The standard InChI is InChI=1S/C22H22ClN5O/c1-13(2)15-7-9-18(10-8-15)25-21-26-20(16-5-4-6-17(23)12-16)28-19(29)11-14(3)24-22(28)27-21/h4-13,20H,1-3H3,(H2,24,25,26,27). The molecule has 1 atom stereocenters. The number of benzene rings is 2. The van der Waals surface area contributed by atoms with Gasteiger partial charge in [0.25, 0.3) is 5.56 Å². The van der Waals surface area contributed by atoms with E-state index in [4.69, 9.17) is 16.6 Å². The number of hydrogen-bond donors (Lipinski definition) is 2. The molecule has 2 N–H and O–H groups in total. The fourth-order valence-corrected chi connectivity index (χ4v) is 3.49. The number of nitrogens with one attached hydrogen (secondary N) is 2. The lowest BCUT2D eigenvalue weighted by molar-refractivity contribution is 0.577. The second-order valence-corrected chi connectivity index (χ2v) is 7.80. The normalized spacial score (nSPS) is 15.5. The van der Waals surface area contributed by atoms with Crippen LogP contribution in [0.15, 0.2) is 64.4 Å². The van der Waals surface area contributed by atoms with Gasteiger partial charge in [0, 0.05) is 22.5 Å². The summed E-state index contributed by atoms with van der Waals surface area (Å²) < 4.78 is 1.53. The van der Waals surface area contributed by atoms with Gasteiger partial charge >= 0.3 is 0 Å². The van der Waals surface area contributed by atoms with Crippen molar-refractivity contribution in [1.29, 1.82) is 0 Å². The monoisotopic (exact) mass is 407 g/mol. The molecule has 3 aromatic rings. The first-order valence-corrected chi connectivity index (χ1v) is 9.86. The third kappa shape index (κ3) is 4.03. The minimum absolute atomic E-state index is 0.172. The molecular formula is C22H22ClN5O. The average molecular weight is 408 g/mol. The largest absolute Gasteiger partial charge is 0.326 e. The number of guanidine groups is 1. The maximum absolute atomic E-state index is 12.7. The first kappa shape index (κ1) is 19.2. The Balaban J connectivity index is 1.74. The Kier molecular flexibility index (Phi) is 5.11. The maximum atomic E-state index is 12.7. The van der Waals surface area contributed by atoms with E-state index >= 15 is 0 Å². The molecule has 0 saturated carbocycles. The Morgan fingerprint density at radius 1 is 1.14 bits per heavy atom. The summed E-state index contributed by atoms with van der Waals surface area (Å²) >= 11 is 6.18. The molecule has 2 heterocycles. The van der Waals surface area contributed by atoms with Crippen LogP contribution in [-0.4, -0.2) is 15.5 Å². The predicted octanol–water partition coefficient (Wildman–Crippen LogP) is 4.77. The van der Waals surface area contributed by atoms with Crippen LogP contribution in [0.1, 0.15) is 42.8 Å². The zero-order valence-corrected chi connectivity index (χ0v) is 17.2. The number of hydrogen-bond acceptors (Lipinski definition) is 5. The molecule has 0 spiro atoms. The van der Waals surface area contributed by atoms with Gasteiger partial charge in [0.1, 0.15) is 0 Å². The van der Waals surface area contributed by atoms with Gasteiger partial charge in [-0.2, -0.15) is 0 Å². The summed E-state index contributed by atoms with van der Waals surface area (Å²) in [6.45, 7) is 6.11. The third-order valence-electron chi connectivity index (χ3n) is 4.79. The van der Waals surface area contributed by atoms with E-state index in [1.165, 1.54) is 16.2 Å². The molecule has 0 bridgehead atoms. The molecule has 1 aliphatic rings. The summed E-state index contributed by atoms with van der Waals surface area (Å²) in [7, 11) is 0. The molecule has 29 heavy (non-hydrogen) atoms. The van der Waals surface area contributed by atoms with Crippen molar-refractivity contribution in [3.8, 4) is 0 Å². The summed E-state index contributed by atoms with van der Waals surface area (Å²) in [5.41, 5.74) is 3.44. The molecule has 0 aliphatic carbocycles. The number of fused-ring (bicyclic) bond motifs is 1. The van der Waals surface area contributed by atoms with Crippen LogP contribution in [0.3, 0.4) is 0 Å². The lowest BCUT2D eigenvalue weighted by Gasteiger charge is -2.27. The second kappa shape index (κ2) is 7.72. The quantitative estimate of drug-likeness (QED) is 0.656. The molecule has 4 rings (SSSR count). The van der Waals surface area contributed by atoms with E-state index in [1.54, 1.807) is 13.0 Å². The van der Waals surface area contributed by atoms with Crippen LogP contribution in [0.2, 0.25) is 5.02 Å². The highest BCUT2D eigenvalue weighted by Crippen LogP contribution is 2.27. The van der Waals surface area contributed by atoms with E-state index in [2.05, 4.69) is 41.6 Å². The number of rotatable bonds is 3. The molecule has 2 aromatic carbocycles. The average Bonchev–Trinajstić information content (AvgIpc) is 2.67. The van der Waals surface area contributed by atoms with Crippen molar-refractivity contribution in [1.82, 2.24) is 9.55 Å². The van der Waals surface area contributed by atoms with Crippen LogP contribution < -0.4 is 16.2 Å². The van der Waals surface area contributed by atoms with Gasteiger partial charge in [-0.15, -0.1) is 0 Å². The van der Waals surface area contributed by atoms with Gasteiger partial charge in [-0.05, 0) is 48.2 Å². The van der Waals surface area contributed by atoms with Crippen LogP contribution in [-0.2, 0) is 0 Å². The lowest BCUT2D eigenvalue weighted by Crippen LogP contribution is -2.37. The van der Waals surface area contributed by atoms with Crippen molar-refractivity contribution < 1.29 is 0 Å². The second-order valence-electron chi connectivity index (χ2n) is 7.36. The van der Waals surface area contributed by atoms with Gasteiger partial charge in [0.05, 0.1) is 0 Å². The van der Waals surface area contributed by atoms with Crippen molar-refractivity contribution >= 4 is 29.2 Å². The lowest BCUT2D eigenvalue weighted by atomic mass is 10.0. The van der Waals surface area contributed by atoms with E-state index < -0.39 is 6.17 Å². The van der Waals surface area contributed by atoms with Crippen molar-refractivity contribution in [3.05, 3.63) is 86.8 Å². The Labute approximate surface area is 174 Å². The molecule has 0 radical (unpaired) electrons. The molecule has 1 aliphatic heterocycles. The van der Waals surface area contributed by atoms with Gasteiger partial charge in [0.2, 0.25) is 11.9 Å². The maximum Gasteiger partial charge on any atom is 0.257 e. The topological polar surface area (TPSA) is 71.3 Å². The van der Waals surface area contributed by atoms with Crippen molar-refractivity contribution in [2.75, 3.05) is 10.6 Å². The van der Waals surface area contributed by atoms with Crippen LogP contribution in [0, 0.1) is 6.92 Å². The summed E-state index contributed by atoms with van der Waals surface area (Å²) in [5.74, 6) is 1.42. The van der Waals surface area contributed by atoms with Crippen LogP contribution in [0.4, 0.5) is 11.6 Å².